The predicted molar refractivity (Wildman–Crippen MR) is 175 cm³/mol. The molecule has 0 bridgehead atoms. The Labute approximate surface area is 286 Å². The number of nitrogens with one attached hydrogen (secondary N) is 1. The summed E-state index contributed by atoms with van der Waals surface area (Å²) in [5, 5.41) is 24.4. The van der Waals surface area contributed by atoms with Crippen LogP contribution >= 0.6 is 0 Å². The minimum Gasteiger partial charge on any atom is -0.457 e. The van der Waals surface area contributed by atoms with Crippen molar-refractivity contribution in [1.82, 2.24) is 9.88 Å². The normalized spacial score (nSPS) is 38.4. The molecule has 0 amide bonds. The smallest absolute Gasteiger partial charge is 0.417 e. The highest BCUT2D eigenvalue weighted by Gasteiger charge is 2.71. The standard InChI is InChI=1S/C36H50N2O11/c1-18-16-19(2)36(44)22(11-12-23-26-27(28(23)36)29(39)20(3)31(26)49-32(40)24-10-8-13-37-24)17-25(45-7)33(41)48-30(18)21(4)47-35(43)34(42)46-15-9-14-38(5)6/h8,10-13,16,18,20-23,25-31,37,39,44H,9,14-15,17H2,1-7H3/b19-16+/t18-,20-,21-,22-,23?,25+,26+,27?,28?,29-,30+,31-,36+/m1/s1. The Hall–Kier alpha value is -3.52. The zero-order chi connectivity index (χ0) is 35.8. The molecule has 0 radical (unpaired) electrons. The number of carbonyl (C=O) groups is 4. The molecule has 0 aromatic carbocycles. The minimum atomic E-state index is -1.50. The lowest BCUT2D eigenvalue weighted by molar-refractivity contribution is -0.190. The number of hydrogen-bond acceptors (Lipinski definition) is 12. The van der Waals surface area contributed by atoms with Gasteiger partial charge in [-0.2, -0.15) is 0 Å². The van der Waals surface area contributed by atoms with Gasteiger partial charge in [-0.1, -0.05) is 32.1 Å². The number of ether oxygens (including phenoxy) is 5. The number of aromatic nitrogens is 1. The van der Waals surface area contributed by atoms with E-state index in [1.807, 2.05) is 45.0 Å². The van der Waals surface area contributed by atoms with E-state index in [0.29, 0.717) is 24.2 Å². The summed E-state index contributed by atoms with van der Waals surface area (Å²) in [6, 6.07) is 3.34. The molecule has 0 spiro atoms. The monoisotopic (exact) mass is 686 g/mol. The molecule has 1 aromatic rings. The van der Waals surface area contributed by atoms with E-state index in [4.69, 9.17) is 23.7 Å². The highest BCUT2D eigenvalue weighted by molar-refractivity contribution is 6.29. The van der Waals surface area contributed by atoms with E-state index >= 15 is 0 Å². The second-order valence-electron chi connectivity index (χ2n) is 14.4. The zero-order valence-electron chi connectivity index (χ0n) is 29.2. The average molecular weight is 687 g/mol. The van der Waals surface area contributed by atoms with Crippen LogP contribution < -0.4 is 0 Å². The van der Waals surface area contributed by atoms with Crippen LogP contribution in [0, 0.1) is 41.4 Å². The SMILES string of the molecule is CO[C@H]1C[C@H]2C=CC3C(C4[C@H]3[C@H](OC(=O)c3ccc[nH]3)[C@H](C)[C@H]4O)[C@]2(O)/C(C)=C/[C@@H](C)[C@@H]([C@@H](C)OC(=O)C(=O)OCCCN(C)C)OC1=O. The summed E-state index contributed by atoms with van der Waals surface area (Å²) in [5.41, 5.74) is -0.572. The molecule has 13 atom stereocenters. The molecule has 13 heteroatoms. The van der Waals surface area contributed by atoms with Gasteiger partial charge in [0, 0.05) is 49.4 Å². The molecule has 4 aliphatic rings. The second-order valence-corrected chi connectivity index (χ2v) is 14.4. The number of fused-ring (bicyclic) bond motifs is 6. The zero-order valence-corrected chi connectivity index (χ0v) is 29.2. The summed E-state index contributed by atoms with van der Waals surface area (Å²) in [5.74, 6) is -6.29. The number of methoxy groups -OCH3 is 1. The summed E-state index contributed by atoms with van der Waals surface area (Å²) < 4.78 is 27.9. The van der Waals surface area contributed by atoms with Gasteiger partial charge in [-0.3, -0.25) is 0 Å². The van der Waals surface area contributed by atoms with E-state index in [9.17, 15) is 29.4 Å². The number of H-pyrrole nitrogens is 1. The van der Waals surface area contributed by atoms with E-state index in [0.717, 1.165) is 0 Å². The van der Waals surface area contributed by atoms with Crippen molar-refractivity contribution in [3.63, 3.8) is 0 Å². The summed E-state index contributed by atoms with van der Waals surface area (Å²) >= 11 is 0. The molecule has 5 rings (SSSR count). The molecule has 3 unspecified atom stereocenters. The van der Waals surface area contributed by atoms with Crippen molar-refractivity contribution in [2.75, 3.05) is 34.4 Å². The summed E-state index contributed by atoms with van der Waals surface area (Å²) in [6.45, 7) is 7.69. The van der Waals surface area contributed by atoms with E-state index in [2.05, 4.69) is 4.98 Å². The van der Waals surface area contributed by atoms with Gasteiger partial charge < -0.3 is 43.8 Å². The van der Waals surface area contributed by atoms with Gasteiger partial charge in [0.2, 0.25) is 0 Å². The number of aromatic amines is 1. The number of aliphatic hydroxyl groups excluding tert-OH is 1. The van der Waals surface area contributed by atoms with Crippen molar-refractivity contribution >= 4 is 23.9 Å². The van der Waals surface area contributed by atoms with Crippen LogP contribution in [0.25, 0.3) is 0 Å². The van der Waals surface area contributed by atoms with Gasteiger partial charge in [0.15, 0.2) is 6.10 Å². The van der Waals surface area contributed by atoms with Crippen LogP contribution in [0.2, 0.25) is 0 Å². The molecule has 1 aromatic heterocycles. The van der Waals surface area contributed by atoms with Crippen molar-refractivity contribution in [1.29, 1.82) is 0 Å². The summed E-state index contributed by atoms with van der Waals surface area (Å²) in [4.78, 5) is 56.2. The fraction of sp³-hybridized carbons (Fsp3) is 0.667. The first-order chi connectivity index (χ1) is 23.2. The number of hydrogen-bond donors (Lipinski definition) is 3. The highest BCUT2D eigenvalue weighted by atomic mass is 16.6. The number of aliphatic hydroxyl groups is 2. The Morgan fingerprint density at radius 3 is 2.55 bits per heavy atom. The quantitative estimate of drug-likeness (QED) is 0.114. The Morgan fingerprint density at radius 1 is 1.16 bits per heavy atom. The molecule has 0 saturated heterocycles. The average Bonchev–Trinajstić information content (AvgIpc) is 3.65. The van der Waals surface area contributed by atoms with E-state index in [1.54, 1.807) is 31.3 Å². The van der Waals surface area contributed by atoms with E-state index < -0.39 is 77.8 Å². The van der Waals surface area contributed by atoms with Gasteiger partial charge in [-0.05, 0) is 70.3 Å². The van der Waals surface area contributed by atoms with E-state index in [1.165, 1.54) is 14.0 Å². The maximum Gasteiger partial charge on any atom is 0.417 e. The molecule has 2 saturated carbocycles. The number of carbonyl (C=O) groups excluding carboxylic acids is 4. The molecule has 270 valence electrons. The number of allylic oxidation sites excluding steroid dienone is 1. The Kier molecular flexibility index (Phi) is 11.1. The maximum absolute atomic E-state index is 13.5. The summed E-state index contributed by atoms with van der Waals surface area (Å²) in [6.07, 6.45) is 3.42. The van der Waals surface area contributed by atoms with Crippen LogP contribution in [-0.2, 0) is 38.1 Å². The molecule has 2 heterocycles. The number of cyclic esters (lactones) is 1. The van der Waals surface area contributed by atoms with Crippen LogP contribution in [-0.4, -0.2) is 114 Å². The lowest BCUT2D eigenvalue weighted by Crippen LogP contribution is -2.65. The third kappa shape index (κ3) is 6.95. The molecule has 49 heavy (non-hydrogen) atoms. The van der Waals surface area contributed by atoms with Crippen LogP contribution in [0.1, 0.15) is 51.0 Å². The first-order valence-corrected chi connectivity index (χ1v) is 17.1. The van der Waals surface area contributed by atoms with Gasteiger partial charge in [0.25, 0.3) is 0 Å². The van der Waals surface area contributed by atoms with Crippen molar-refractivity contribution in [3.05, 3.63) is 47.8 Å². The first-order valence-electron chi connectivity index (χ1n) is 17.1. The third-order valence-corrected chi connectivity index (χ3v) is 11.1. The number of rotatable bonds is 9. The van der Waals surface area contributed by atoms with Crippen LogP contribution in [0.4, 0.5) is 0 Å². The van der Waals surface area contributed by atoms with Gasteiger partial charge in [-0.25, -0.2) is 19.2 Å². The highest BCUT2D eigenvalue weighted by Crippen LogP contribution is 2.66. The lowest BCUT2D eigenvalue weighted by Gasteiger charge is -2.61. The van der Waals surface area contributed by atoms with Gasteiger partial charge in [-0.15, -0.1) is 0 Å². The fourth-order valence-corrected chi connectivity index (χ4v) is 8.63. The lowest BCUT2D eigenvalue weighted by atomic mass is 9.46. The molecule has 3 N–H and O–H groups in total. The fourth-order valence-electron chi connectivity index (χ4n) is 8.63. The first kappa shape index (κ1) is 36.8. The largest absolute Gasteiger partial charge is 0.457 e. The van der Waals surface area contributed by atoms with Crippen LogP contribution in [0.3, 0.4) is 0 Å². The van der Waals surface area contributed by atoms with Crippen molar-refractivity contribution in [2.24, 2.45) is 41.4 Å². The van der Waals surface area contributed by atoms with Gasteiger partial charge in [0.1, 0.15) is 24.0 Å². The molecule has 1 aliphatic heterocycles. The second kappa shape index (κ2) is 14.8. The number of esters is 4. The maximum atomic E-state index is 13.5. The Balaban J connectivity index is 1.39. The minimum absolute atomic E-state index is 0.0500. The van der Waals surface area contributed by atoms with Crippen molar-refractivity contribution in [2.45, 2.75) is 76.7 Å². The molecule has 2 fully saturated rings. The van der Waals surface area contributed by atoms with Gasteiger partial charge >= 0.3 is 23.9 Å². The predicted octanol–water partition coefficient (Wildman–Crippen LogP) is 2.29. The van der Waals surface area contributed by atoms with Gasteiger partial charge in [0.05, 0.1) is 18.3 Å². The molecule has 13 nitrogen and oxygen atoms in total. The van der Waals surface area contributed by atoms with Crippen molar-refractivity contribution in [3.8, 4) is 0 Å². The molecular weight excluding hydrogens is 636 g/mol. The van der Waals surface area contributed by atoms with Crippen LogP contribution in [0.15, 0.2) is 42.1 Å². The molecular formula is C36H50N2O11. The van der Waals surface area contributed by atoms with E-state index in [-0.39, 0.29) is 36.7 Å². The topological polar surface area (TPSA) is 174 Å². The Bertz CT molecular complexity index is 1440. The van der Waals surface area contributed by atoms with Crippen LogP contribution in [0.5, 0.6) is 0 Å². The number of nitrogens with zero attached hydrogens (tertiary/aromatic N) is 1. The van der Waals surface area contributed by atoms with Crippen molar-refractivity contribution < 1.29 is 53.1 Å². The molecule has 3 aliphatic carbocycles. The third-order valence-electron chi connectivity index (χ3n) is 11.1. The summed E-state index contributed by atoms with van der Waals surface area (Å²) in [7, 11) is 5.15. The Morgan fingerprint density at radius 2 is 1.90 bits per heavy atom.